The SMILES string of the molecule is Cc1c(Cl)cccc1NC(=O)CN1CCOC1=O. The highest BCUT2D eigenvalue weighted by atomic mass is 35.5. The summed E-state index contributed by atoms with van der Waals surface area (Å²) in [5.74, 6) is -0.265. The fourth-order valence-electron chi connectivity index (χ4n) is 1.68. The van der Waals surface area contributed by atoms with Gasteiger partial charge in [0, 0.05) is 10.7 Å². The maximum absolute atomic E-state index is 11.8. The summed E-state index contributed by atoms with van der Waals surface area (Å²) in [5, 5.41) is 3.32. The van der Waals surface area contributed by atoms with Crippen LogP contribution in [0.4, 0.5) is 10.5 Å². The van der Waals surface area contributed by atoms with Crippen LogP contribution in [-0.2, 0) is 9.53 Å². The van der Waals surface area contributed by atoms with Crippen molar-refractivity contribution in [2.75, 3.05) is 25.0 Å². The predicted octanol–water partition coefficient (Wildman–Crippen LogP) is 2.04. The molecule has 1 fully saturated rings. The van der Waals surface area contributed by atoms with Gasteiger partial charge in [0.05, 0.1) is 6.54 Å². The minimum Gasteiger partial charge on any atom is -0.448 e. The number of carbonyl (C=O) groups excluding carboxylic acids is 2. The fraction of sp³-hybridized carbons (Fsp3) is 0.333. The predicted molar refractivity (Wildman–Crippen MR) is 67.7 cm³/mol. The molecule has 5 nitrogen and oxygen atoms in total. The van der Waals surface area contributed by atoms with Gasteiger partial charge in [0.2, 0.25) is 5.91 Å². The van der Waals surface area contributed by atoms with Crippen LogP contribution in [0.3, 0.4) is 0 Å². The first kappa shape index (κ1) is 12.7. The maximum Gasteiger partial charge on any atom is 0.410 e. The number of benzene rings is 1. The molecule has 1 N–H and O–H groups in total. The summed E-state index contributed by atoms with van der Waals surface area (Å²) < 4.78 is 4.75. The Labute approximate surface area is 110 Å². The van der Waals surface area contributed by atoms with Crippen molar-refractivity contribution in [2.45, 2.75) is 6.92 Å². The number of halogens is 1. The summed E-state index contributed by atoms with van der Waals surface area (Å²) in [6.45, 7) is 2.59. The van der Waals surface area contributed by atoms with Crippen molar-refractivity contribution in [2.24, 2.45) is 0 Å². The lowest BCUT2D eigenvalue weighted by Crippen LogP contribution is -2.33. The van der Waals surface area contributed by atoms with Gasteiger partial charge in [-0.3, -0.25) is 9.69 Å². The molecule has 0 bridgehead atoms. The molecule has 1 heterocycles. The number of hydrogen-bond acceptors (Lipinski definition) is 3. The Bertz CT molecular complexity index is 490. The van der Waals surface area contributed by atoms with Gasteiger partial charge in [-0.05, 0) is 24.6 Å². The first-order valence-corrected chi connectivity index (χ1v) is 5.92. The van der Waals surface area contributed by atoms with E-state index in [0.717, 1.165) is 5.56 Å². The fourth-order valence-corrected chi connectivity index (χ4v) is 1.85. The third-order valence-corrected chi connectivity index (χ3v) is 3.13. The summed E-state index contributed by atoms with van der Waals surface area (Å²) in [6, 6.07) is 5.28. The van der Waals surface area contributed by atoms with Crippen molar-refractivity contribution in [1.82, 2.24) is 4.90 Å². The number of carbonyl (C=O) groups is 2. The standard InChI is InChI=1S/C12H13ClN2O3/c1-8-9(13)3-2-4-10(8)14-11(16)7-15-5-6-18-12(15)17/h2-4H,5-7H2,1H3,(H,14,16). The molecule has 1 aromatic carbocycles. The summed E-state index contributed by atoms with van der Waals surface area (Å²) in [7, 11) is 0. The van der Waals surface area contributed by atoms with E-state index in [4.69, 9.17) is 16.3 Å². The summed E-state index contributed by atoms with van der Waals surface area (Å²) >= 11 is 5.95. The molecule has 1 aromatic rings. The molecule has 6 heteroatoms. The number of cyclic esters (lactones) is 1. The van der Waals surface area contributed by atoms with Crippen LogP contribution < -0.4 is 5.32 Å². The van der Waals surface area contributed by atoms with E-state index in [1.54, 1.807) is 18.2 Å². The molecule has 18 heavy (non-hydrogen) atoms. The van der Waals surface area contributed by atoms with Crippen LogP contribution in [0.25, 0.3) is 0 Å². The zero-order valence-corrected chi connectivity index (χ0v) is 10.7. The largest absolute Gasteiger partial charge is 0.448 e. The van der Waals surface area contributed by atoms with E-state index in [2.05, 4.69) is 5.32 Å². The quantitative estimate of drug-likeness (QED) is 0.913. The average molecular weight is 269 g/mol. The highest BCUT2D eigenvalue weighted by Gasteiger charge is 2.24. The van der Waals surface area contributed by atoms with E-state index in [-0.39, 0.29) is 12.5 Å². The number of anilines is 1. The smallest absolute Gasteiger partial charge is 0.410 e. The molecule has 2 rings (SSSR count). The molecule has 0 spiro atoms. The Kier molecular flexibility index (Phi) is 3.72. The molecule has 0 aliphatic carbocycles. The molecule has 1 saturated heterocycles. The van der Waals surface area contributed by atoms with Crippen molar-refractivity contribution in [3.63, 3.8) is 0 Å². The van der Waals surface area contributed by atoms with Gasteiger partial charge in [-0.15, -0.1) is 0 Å². The Balaban J connectivity index is 1.99. The van der Waals surface area contributed by atoms with Crippen molar-refractivity contribution >= 4 is 29.3 Å². The Hall–Kier alpha value is -1.75. The number of ether oxygens (including phenoxy) is 1. The molecule has 0 unspecified atom stereocenters. The van der Waals surface area contributed by atoms with Gasteiger partial charge < -0.3 is 10.1 Å². The van der Waals surface area contributed by atoms with E-state index in [0.29, 0.717) is 23.9 Å². The molecule has 96 valence electrons. The molecular weight excluding hydrogens is 256 g/mol. The van der Waals surface area contributed by atoms with Gasteiger partial charge in [-0.2, -0.15) is 0 Å². The van der Waals surface area contributed by atoms with Crippen LogP contribution in [0, 0.1) is 6.92 Å². The lowest BCUT2D eigenvalue weighted by molar-refractivity contribution is -0.116. The topological polar surface area (TPSA) is 58.6 Å². The van der Waals surface area contributed by atoms with Crippen LogP contribution in [0.15, 0.2) is 18.2 Å². The third kappa shape index (κ3) is 2.73. The van der Waals surface area contributed by atoms with Crippen LogP contribution in [0.1, 0.15) is 5.56 Å². The first-order chi connectivity index (χ1) is 8.58. The van der Waals surface area contributed by atoms with Gasteiger partial charge in [0.1, 0.15) is 13.2 Å². The highest BCUT2D eigenvalue weighted by Crippen LogP contribution is 2.22. The summed E-state index contributed by atoms with van der Waals surface area (Å²) in [4.78, 5) is 24.3. The van der Waals surface area contributed by atoms with Gasteiger partial charge in [0.25, 0.3) is 0 Å². The molecule has 0 saturated carbocycles. The number of nitrogens with zero attached hydrogens (tertiary/aromatic N) is 1. The summed E-state index contributed by atoms with van der Waals surface area (Å²) in [5.41, 5.74) is 1.46. The molecule has 1 aliphatic rings. The van der Waals surface area contributed by atoms with Crippen molar-refractivity contribution < 1.29 is 14.3 Å². The van der Waals surface area contributed by atoms with E-state index < -0.39 is 6.09 Å². The van der Waals surface area contributed by atoms with E-state index in [9.17, 15) is 9.59 Å². The maximum atomic E-state index is 11.8. The van der Waals surface area contributed by atoms with Crippen LogP contribution in [0.5, 0.6) is 0 Å². The summed E-state index contributed by atoms with van der Waals surface area (Å²) in [6.07, 6.45) is -0.451. The second-order valence-electron chi connectivity index (χ2n) is 4.00. The Morgan fingerprint density at radius 2 is 2.33 bits per heavy atom. The number of nitrogens with one attached hydrogen (secondary N) is 1. The van der Waals surface area contributed by atoms with Crippen molar-refractivity contribution in [1.29, 1.82) is 0 Å². The zero-order valence-electron chi connectivity index (χ0n) is 9.90. The monoisotopic (exact) mass is 268 g/mol. The Morgan fingerprint density at radius 1 is 1.56 bits per heavy atom. The molecule has 0 radical (unpaired) electrons. The average Bonchev–Trinajstić information content (AvgIpc) is 2.71. The second kappa shape index (κ2) is 5.27. The van der Waals surface area contributed by atoms with E-state index >= 15 is 0 Å². The first-order valence-electron chi connectivity index (χ1n) is 5.54. The third-order valence-electron chi connectivity index (χ3n) is 2.72. The lowest BCUT2D eigenvalue weighted by atomic mass is 10.2. The van der Waals surface area contributed by atoms with Crippen molar-refractivity contribution in [3.8, 4) is 0 Å². The van der Waals surface area contributed by atoms with Gasteiger partial charge >= 0.3 is 6.09 Å². The van der Waals surface area contributed by atoms with Crippen molar-refractivity contribution in [3.05, 3.63) is 28.8 Å². The number of amides is 2. The highest BCUT2D eigenvalue weighted by molar-refractivity contribution is 6.31. The minimum atomic E-state index is -0.451. The number of hydrogen-bond donors (Lipinski definition) is 1. The minimum absolute atomic E-state index is 0.00914. The van der Waals surface area contributed by atoms with E-state index in [1.165, 1.54) is 4.90 Å². The van der Waals surface area contributed by atoms with Crippen LogP contribution in [0.2, 0.25) is 5.02 Å². The Morgan fingerprint density at radius 3 is 3.00 bits per heavy atom. The molecule has 0 aromatic heterocycles. The molecular formula is C12H13ClN2O3. The molecule has 2 amide bonds. The van der Waals surface area contributed by atoms with Gasteiger partial charge in [-0.25, -0.2) is 4.79 Å². The van der Waals surface area contributed by atoms with Gasteiger partial charge in [0.15, 0.2) is 0 Å². The number of rotatable bonds is 3. The molecule has 0 atom stereocenters. The normalized spacial score (nSPS) is 14.6. The zero-order chi connectivity index (χ0) is 13.1. The molecule has 1 aliphatic heterocycles. The van der Waals surface area contributed by atoms with Gasteiger partial charge in [-0.1, -0.05) is 17.7 Å². The lowest BCUT2D eigenvalue weighted by Gasteiger charge is -2.13. The van der Waals surface area contributed by atoms with Crippen LogP contribution in [-0.4, -0.2) is 36.6 Å². The van der Waals surface area contributed by atoms with E-state index in [1.807, 2.05) is 6.92 Å². The van der Waals surface area contributed by atoms with Crippen LogP contribution >= 0.6 is 11.6 Å². The second-order valence-corrected chi connectivity index (χ2v) is 4.40.